The van der Waals surface area contributed by atoms with Crippen molar-refractivity contribution >= 4 is 5.97 Å². The van der Waals surface area contributed by atoms with Crippen molar-refractivity contribution in [1.29, 1.82) is 0 Å². The van der Waals surface area contributed by atoms with E-state index in [-0.39, 0.29) is 12.3 Å². The van der Waals surface area contributed by atoms with Crippen molar-refractivity contribution in [3.63, 3.8) is 0 Å². The van der Waals surface area contributed by atoms with Crippen LogP contribution in [0.5, 0.6) is 5.75 Å². The van der Waals surface area contributed by atoms with Gasteiger partial charge in [0.1, 0.15) is 5.75 Å². The summed E-state index contributed by atoms with van der Waals surface area (Å²) in [5.74, 6) is 0.903. The molecule has 1 unspecified atom stereocenters. The van der Waals surface area contributed by atoms with E-state index in [9.17, 15) is 4.79 Å². The maximum Gasteiger partial charge on any atom is 0.303 e. The second-order valence-electron chi connectivity index (χ2n) is 5.23. The zero-order valence-electron chi connectivity index (χ0n) is 11.2. The first-order chi connectivity index (χ1) is 8.52. The predicted octanol–water partition coefficient (Wildman–Crippen LogP) is 3.28. The molecule has 1 aliphatic carbocycles. The lowest BCUT2D eigenvalue weighted by molar-refractivity contribution is -0.137. The van der Waals surface area contributed by atoms with Crippen LogP contribution in [0.2, 0.25) is 0 Å². The fourth-order valence-electron chi connectivity index (χ4n) is 2.76. The Kier molecular flexibility index (Phi) is 3.60. The number of hydrogen-bond acceptors (Lipinski definition) is 2. The smallest absolute Gasteiger partial charge is 0.303 e. The highest BCUT2D eigenvalue weighted by atomic mass is 16.5. The van der Waals surface area contributed by atoms with Crippen molar-refractivity contribution in [3.05, 3.63) is 28.8 Å². The van der Waals surface area contributed by atoms with Crippen molar-refractivity contribution in [3.8, 4) is 5.75 Å². The summed E-state index contributed by atoms with van der Waals surface area (Å²) >= 11 is 0. The second kappa shape index (κ2) is 5.01. The summed E-state index contributed by atoms with van der Waals surface area (Å²) in [7, 11) is 1.67. The first-order valence-electron chi connectivity index (χ1n) is 6.40. The third-order valence-corrected chi connectivity index (χ3v) is 3.70. The SMILES string of the molecule is COc1c(C)cc(C(CC(=O)O)C2CC2)cc1C. The van der Waals surface area contributed by atoms with Crippen molar-refractivity contribution in [2.24, 2.45) is 5.92 Å². The molecule has 1 atom stereocenters. The fraction of sp³-hybridized carbons (Fsp3) is 0.533. The molecule has 0 saturated heterocycles. The largest absolute Gasteiger partial charge is 0.496 e. The van der Waals surface area contributed by atoms with Crippen molar-refractivity contribution in [1.82, 2.24) is 0 Å². The summed E-state index contributed by atoms with van der Waals surface area (Å²) in [6, 6.07) is 4.16. The molecule has 2 rings (SSSR count). The van der Waals surface area contributed by atoms with E-state index in [0.29, 0.717) is 5.92 Å². The minimum absolute atomic E-state index is 0.158. The molecule has 1 fully saturated rings. The van der Waals surface area contributed by atoms with E-state index < -0.39 is 5.97 Å². The average Bonchev–Trinajstić information content (AvgIpc) is 3.09. The van der Waals surface area contributed by atoms with E-state index in [1.807, 2.05) is 13.8 Å². The summed E-state index contributed by atoms with van der Waals surface area (Å²) in [6.07, 6.45) is 2.54. The molecule has 3 nitrogen and oxygen atoms in total. The number of carboxylic acids is 1. The molecule has 0 spiro atoms. The van der Waals surface area contributed by atoms with E-state index in [4.69, 9.17) is 9.84 Å². The van der Waals surface area contributed by atoms with Gasteiger partial charge in [-0.15, -0.1) is 0 Å². The van der Waals surface area contributed by atoms with Crippen LogP contribution >= 0.6 is 0 Å². The second-order valence-corrected chi connectivity index (χ2v) is 5.23. The van der Waals surface area contributed by atoms with Gasteiger partial charge in [-0.3, -0.25) is 4.79 Å². The molecule has 0 bridgehead atoms. The van der Waals surface area contributed by atoms with Gasteiger partial charge in [0.25, 0.3) is 0 Å². The molecule has 98 valence electrons. The van der Waals surface area contributed by atoms with Crippen LogP contribution < -0.4 is 4.74 Å². The Hall–Kier alpha value is -1.51. The maximum atomic E-state index is 11.0. The minimum Gasteiger partial charge on any atom is -0.496 e. The van der Waals surface area contributed by atoms with Crippen LogP contribution in [0.4, 0.5) is 0 Å². The summed E-state index contributed by atoms with van der Waals surface area (Å²) in [5.41, 5.74) is 3.32. The number of ether oxygens (including phenoxy) is 1. The van der Waals surface area contributed by atoms with E-state index in [1.54, 1.807) is 7.11 Å². The van der Waals surface area contributed by atoms with Crippen molar-refractivity contribution in [2.45, 2.75) is 39.0 Å². The number of methoxy groups -OCH3 is 1. The Bertz CT molecular complexity index is 438. The van der Waals surface area contributed by atoms with Crippen LogP contribution in [-0.2, 0) is 4.79 Å². The number of carbonyl (C=O) groups is 1. The molecule has 0 heterocycles. The molecule has 1 aliphatic rings. The number of aliphatic carboxylic acids is 1. The van der Waals surface area contributed by atoms with Crippen LogP contribution in [0.3, 0.4) is 0 Å². The van der Waals surface area contributed by atoms with Crippen LogP contribution in [0.1, 0.15) is 41.9 Å². The Morgan fingerprint density at radius 2 is 1.94 bits per heavy atom. The molecule has 0 aromatic heterocycles. The molecular weight excluding hydrogens is 228 g/mol. The summed E-state index contributed by atoms with van der Waals surface area (Å²) in [4.78, 5) is 11.0. The molecule has 1 saturated carbocycles. The Morgan fingerprint density at radius 3 is 2.33 bits per heavy atom. The number of benzene rings is 1. The molecule has 1 aromatic rings. The molecule has 18 heavy (non-hydrogen) atoms. The van der Waals surface area contributed by atoms with Gasteiger partial charge >= 0.3 is 5.97 Å². The maximum absolute atomic E-state index is 11.0. The molecule has 1 N–H and O–H groups in total. The van der Waals surface area contributed by atoms with Gasteiger partial charge in [-0.05, 0) is 55.2 Å². The van der Waals surface area contributed by atoms with Gasteiger partial charge in [-0.25, -0.2) is 0 Å². The standard InChI is InChI=1S/C15H20O3/c1-9-6-12(7-10(2)15(9)18-3)13(8-14(16)17)11-4-5-11/h6-7,11,13H,4-5,8H2,1-3H3,(H,16,17). The predicted molar refractivity (Wildman–Crippen MR) is 70.2 cm³/mol. The number of hydrogen-bond donors (Lipinski definition) is 1. The zero-order chi connectivity index (χ0) is 13.3. The fourth-order valence-corrected chi connectivity index (χ4v) is 2.76. The summed E-state index contributed by atoms with van der Waals surface area (Å²) in [6.45, 7) is 4.03. The molecule has 0 radical (unpaired) electrons. The van der Waals surface area contributed by atoms with Gasteiger partial charge in [0.05, 0.1) is 13.5 Å². The Morgan fingerprint density at radius 1 is 1.39 bits per heavy atom. The van der Waals surface area contributed by atoms with Crippen LogP contribution in [-0.4, -0.2) is 18.2 Å². The van der Waals surface area contributed by atoms with Crippen LogP contribution in [0.25, 0.3) is 0 Å². The van der Waals surface area contributed by atoms with Gasteiger partial charge in [-0.1, -0.05) is 12.1 Å². The highest BCUT2D eigenvalue weighted by molar-refractivity contribution is 5.68. The third kappa shape index (κ3) is 2.66. The lowest BCUT2D eigenvalue weighted by Gasteiger charge is -2.18. The summed E-state index contributed by atoms with van der Waals surface area (Å²) in [5, 5.41) is 9.04. The molecule has 1 aromatic carbocycles. The zero-order valence-corrected chi connectivity index (χ0v) is 11.2. The van der Waals surface area contributed by atoms with Crippen LogP contribution in [0, 0.1) is 19.8 Å². The quantitative estimate of drug-likeness (QED) is 0.869. The Labute approximate surface area is 108 Å². The molecule has 0 aliphatic heterocycles. The third-order valence-electron chi connectivity index (χ3n) is 3.70. The first-order valence-corrected chi connectivity index (χ1v) is 6.40. The van der Waals surface area contributed by atoms with Gasteiger partial charge in [0.2, 0.25) is 0 Å². The van der Waals surface area contributed by atoms with Gasteiger partial charge < -0.3 is 9.84 Å². The summed E-state index contributed by atoms with van der Waals surface area (Å²) < 4.78 is 5.35. The average molecular weight is 248 g/mol. The normalized spacial score (nSPS) is 16.4. The molecule has 0 amide bonds. The first kappa shape index (κ1) is 12.9. The molecular formula is C15H20O3. The van der Waals surface area contributed by atoms with E-state index in [0.717, 1.165) is 35.3 Å². The molecule has 3 heteroatoms. The lowest BCUT2D eigenvalue weighted by atomic mass is 9.88. The lowest BCUT2D eigenvalue weighted by Crippen LogP contribution is -2.09. The number of rotatable bonds is 5. The topological polar surface area (TPSA) is 46.5 Å². The van der Waals surface area contributed by atoms with E-state index >= 15 is 0 Å². The highest BCUT2D eigenvalue weighted by Crippen LogP contribution is 2.45. The Balaban J connectivity index is 2.33. The van der Waals surface area contributed by atoms with Crippen molar-refractivity contribution in [2.75, 3.05) is 7.11 Å². The van der Waals surface area contributed by atoms with Crippen molar-refractivity contribution < 1.29 is 14.6 Å². The minimum atomic E-state index is -0.710. The van der Waals surface area contributed by atoms with Gasteiger partial charge in [0, 0.05) is 0 Å². The highest BCUT2D eigenvalue weighted by Gasteiger charge is 2.34. The monoisotopic (exact) mass is 248 g/mol. The van der Waals surface area contributed by atoms with E-state index in [1.165, 1.54) is 0 Å². The van der Waals surface area contributed by atoms with Crippen LogP contribution in [0.15, 0.2) is 12.1 Å². The number of aryl methyl sites for hydroxylation is 2. The van der Waals surface area contributed by atoms with Gasteiger partial charge in [-0.2, -0.15) is 0 Å². The number of carboxylic acid groups (broad SMARTS) is 1. The van der Waals surface area contributed by atoms with E-state index in [2.05, 4.69) is 12.1 Å². The van der Waals surface area contributed by atoms with Gasteiger partial charge in [0.15, 0.2) is 0 Å².